The SMILES string of the molecule is CC(C)c1ccc2nc(C=C(O)C(F)(F)F)sc2c1.CC(C)c1ccc2nc(C=C(O)C(F)(F)F)sc2c1.[Cu]. The van der Waals surface area contributed by atoms with Crippen LogP contribution in [0.4, 0.5) is 26.3 Å². The number of aliphatic hydroxyl groups excluding tert-OH is 2. The van der Waals surface area contributed by atoms with Crippen molar-refractivity contribution in [3.63, 3.8) is 0 Å². The Bertz CT molecular complexity index is 1380. The zero-order chi connectivity index (χ0) is 28.4. The van der Waals surface area contributed by atoms with E-state index in [1.807, 2.05) is 52.0 Å². The quantitative estimate of drug-likeness (QED) is 0.133. The van der Waals surface area contributed by atoms with Gasteiger partial charge in [-0.1, -0.05) is 39.8 Å². The predicted octanol–water partition coefficient (Wildman–Crippen LogP) is 9.76. The third-order valence-electron chi connectivity index (χ3n) is 5.29. The summed E-state index contributed by atoms with van der Waals surface area (Å²) >= 11 is 2.25. The van der Waals surface area contributed by atoms with E-state index < -0.39 is 23.9 Å². The number of fused-ring (bicyclic) bond motifs is 2. The van der Waals surface area contributed by atoms with Crippen LogP contribution in [0.1, 0.15) is 60.7 Å². The van der Waals surface area contributed by atoms with Crippen molar-refractivity contribution in [3.05, 3.63) is 69.1 Å². The van der Waals surface area contributed by atoms with Crippen LogP contribution in [0.2, 0.25) is 0 Å². The van der Waals surface area contributed by atoms with Gasteiger partial charge in [0.1, 0.15) is 10.0 Å². The van der Waals surface area contributed by atoms with E-state index in [0.717, 1.165) is 43.2 Å². The van der Waals surface area contributed by atoms with Gasteiger partial charge in [-0.2, -0.15) is 26.3 Å². The van der Waals surface area contributed by atoms with Crippen molar-refractivity contribution in [2.75, 3.05) is 0 Å². The number of hydrogen-bond donors (Lipinski definition) is 2. The first-order valence-corrected chi connectivity index (χ1v) is 12.9. The summed E-state index contributed by atoms with van der Waals surface area (Å²) < 4.78 is 74.9. The monoisotopic (exact) mass is 637 g/mol. The average Bonchev–Trinajstić information content (AvgIpc) is 3.39. The van der Waals surface area contributed by atoms with E-state index >= 15 is 0 Å². The van der Waals surface area contributed by atoms with Gasteiger partial charge in [0, 0.05) is 29.2 Å². The molecule has 0 amide bonds. The molecule has 2 N–H and O–H groups in total. The molecule has 0 bridgehead atoms. The molecule has 0 saturated carbocycles. The van der Waals surface area contributed by atoms with Crippen LogP contribution in [-0.2, 0) is 17.1 Å². The predicted molar refractivity (Wildman–Crippen MR) is 141 cm³/mol. The maximum atomic E-state index is 12.2. The summed E-state index contributed by atoms with van der Waals surface area (Å²) in [6, 6.07) is 11.2. The van der Waals surface area contributed by atoms with Gasteiger partial charge in [-0.05, 0) is 47.2 Å². The molecule has 0 aliphatic heterocycles. The van der Waals surface area contributed by atoms with Crippen molar-refractivity contribution in [2.45, 2.75) is 51.9 Å². The molecule has 1 radical (unpaired) electrons. The normalized spacial score (nSPS) is 13.1. The number of thiazole rings is 2. The fourth-order valence-corrected chi connectivity index (χ4v) is 5.06. The second kappa shape index (κ2) is 12.7. The van der Waals surface area contributed by atoms with Crippen molar-refractivity contribution in [2.24, 2.45) is 0 Å². The number of hydrogen-bond acceptors (Lipinski definition) is 6. The van der Waals surface area contributed by atoms with Gasteiger partial charge in [-0.25, -0.2) is 9.97 Å². The number of alkyl halides is 6. The Labute approximate surface area is 239 Å². The Balaban J connectivity index is 0.000000267. The first-order chi connectivity index (χ1) is 17.5. The first kappa shape index (κ1) is 32.6. The molecule has 0 saturated heterocycles. The molecule has 0 aliphatic carbocycles. The van der Waals surface area contributed by atoms with Crippen LogP contribution in [0.3, 0.4) is 0 Å². The Morgan fingerprint density at radius 2 is 1.03 bits per heavy atom. The molecule has 0 unspecified atom stereocenters. The first-order valence-electron chi connectivity index (χ1n) is 11.3. The number of allylic oxidation sites excluding steroid dienone is 2. The summed E-state index contributed by atoms with van der Waals surface area (Å²) in [5.74, 6) is -2.57. The maximum absolute atomic E-state index is 12.2. The van der Waals surface area contributed by atoms with Gasteiger partial charge in [-0.3, -0.25) is 0 Å². The van der Waals surface area contributed by atoms with Gasteiger partial charge < -0.3 is 10.2 Å². The average molecular weight is 638 g/mol. The van der Waals surface area contributed by atoms with Crippen molar-refractivity contribution in [1.29, 1.82) is 0 Å². The van der Waals surface area contributed by atoms with E-state index in [4.69, 9.17) is 10.2 Å². The summed E-state index contributed by atoms with van der Waals surface area (Å²) in [6.45, 7) is 8.16. The molecule has 0 aliphatic rings. The molecular weight excluding hydrogens is 614 g/mol. The summed E-state index contributed by atoms with van der Waals surface area (Å²) in [7, 11) is 0. The van der Waals surface area contributed by atoms with E-state index in [0.29, 0.717) is 35.0 Å². The summed E-state index contributed by atoms with van der Waals surface area (Å²) in [4.78, 5) is 8.10. The summed E-state index contributed by atoms with van der Waals surface area (Å²) in [6.07, 6.45) is -8.17. The second-order valence-electron chi connectivity index (χ2n) is 8.92. The minimum Gasteiger partial charge on any atom is -0.504 e. The molecule has 4 aromatic rings. The fraction of sp³-hybridized carbons (Fsp3) is 0.308. The largest absolute Gasteiger partial charge is 0.504 e. The Kier molecular flexibility index (Phi) is 10.6. The Hall–Kier alpha value is -2.60. The smallest absolute Gasteiger partial charge is 0.448 e. The van der Waals surface area contributed by atoms with Gasteiger partial charge in [0.15, 0.2) is 0 Å². The number of nitrogens with zero attached hydrogens (tertiary/aromatic N) is 2. The van der Waals surface area contributed by atoms with E-state index in [-0.39, 0.29) is 27.1 Å². The zero-order valence-corrected chi connectivity index (χ0v) is 23.5. The molecule has 2 heterocycles. The molecule has 0 atom stereocenters. The Morgan fingerprint density at radius 1 is 0.692 bits per heavy atom. The van der Waals surface area contributed by atoms with Crippen LogP contribution in [0.5, 0.6) is 0 Å². The van der Waals surface area contributed by atoms with Gasteiger partial charge in [-0.15, -0.1) is 22.7 Å². The number of aromatic nitrogens is 2. The van der Waals surface area contributed by atoms with Crippen molar-refractivity contribution in [3.8, 4) is 0 Å². The summed E-state index contributed by atoms with van der Waals surface area (Å²) in [5, 5.41) is 18.1. The molecule has 2 aromatic heterocycles. The Morgan fingerprint density at radius 3 is 1.31 bits per heavy atom. The standard InChI is InChI=1S/2C13H12F3NOS.Cu/c2*1-7(2)8-3-4-9-10(5-8)19-12(17-9)6-11(18)13(14,15)16;/h2*3-7,18H,1-2H3;. The molecule has 2 aromatic carbocycles. The molecule has 4 rings (SSSR count). The van der Waals surface area contributed by atoms with Crippen LogP contribution in [0.15, 0.2) is 47.9 Å². The summed E-state index contributed by atoms with van der Waals surface area (Å²) in [5.41, 5.74) is 3.48. The second-order valence-corrected chi connectivity index (χ2v) is 11.0. The number of halogens is 6. The zero-order valence-electron chi connectivity index (χ0n) is 20.9. The molecule has 13 heteroatoms. The third-order valence-corrected chi connectivity index (χ3v) is 7.22. The van der Waals surface area contributed by atoms with Crippen LogP contribution in [-0.4, -0.2) is 32.5 Å². The van der Waals surface area contributed by atoms with Crippen molar-refractivity contribution >= 4 is 55.3 Å². The van der Waals surface area contributed by atoms with Crippen LogP contribution >= 0.6 is 22.7 Å². The molecule has 0 spiro atoms. The van der Waals surface area contributed by atoms with Gasteiger partial charge in [0.05, 0.1) is 20.4 Å². The minimum absolute atomic E-state index is 0. The molecule has 39 heavy (non-hydrogen) atoms. The molecule has 215 valence electrons. The number of rotatable bonds is 4. The van der Waals surface area contributed by atoms with Crippen LogP contribution < -0.4 is 0 Å². The molecular formula is C26H24CuF6N2O2S2. The van der Waals surface area contributed by atoms with E-state index in [9.17, 15) is 26.3 Å². The van der Waals surface area contributed by atoms with Gasteiger partial charge in [0.25, 0.3) is 0 Å². The van der Waals surface area contributed by atoms with Gasteiger partial charge >= 0.3 is 12.4 Å². The van der Waals surface area contributed by atoms with E-state index in [1.54, 1.807) is 12.1 Å². The third kappa shape index (κ3) is 8.69. The van der Waals surface area contributed by atoms with E-state index in [1.165, 1.54) is 0 Å². The number of aliphatic hydroxyl groups is 2. The van der Waals surface area contributed by atoms with Gasteiger partial charge in [0.2, 0.25) is 11.5 Å². The maximum Gasteiger partial charge on any atom is 0.448 e. The number of benzene rings is 2. The van der Waals surface area contributed by atoms with Crippen LogP contribution in [0, 0.1) is 0 Å². The topological polar surface area (TPSA) is 66.2 Å². The fourth-order valence-electron chi connectivity index (χ4n) is 3.16. The van der Waals surface area contributed by atoms with E-state index in [2.05, 4.69) is 9.97 Å². The van der Waals surface area contributed by atoms with Crippen molar-refractivity contribution in [1.82, 2.24) is 9.97 Å². The minimum atomic E-state index is -4.74. The van der Waals surface area contributed by atoms with Crippen LogP contribution in [0.25, 0.3) is 32.6 Å². The molecule has 4 nitrogen and oxygen atoms in total. The molecule has 0 fully saturated rings. The van der Waals surface area contributed by atoms with Crippen molar-refractivity contribution < 1.29 is 53.6 Å².